The summed E-state index contributed by atoms with van der Waals surface area (Å²) in [6.07, 6.45) is 0.572. The van der Waals surface area contributed by atoms with E-state index in [2.05, 4.69) is 5.32 Å². The normalized spacial score (nSPS) is 10.3. The van der Waals surface area contributed by atoms with Crippen LogP contribution >= 0.6 is 11.3 Å². The second kappa shape index (κ2) is 7.73. The Labute approximate surface area is 138 Å². The van der Waals surface area contributed by atoms with Crippen LogP contribution in [0.2, 0.25) is 0 Å². The highest BCUT2D eigenvalue weighted by Gasteiger charge is 2.10. The third-order valence-electron chi connectivity index (χ3n) is 3.60. The molecule has 2 amide bonds. The molecule has 1 N–H and O–H groups in total. The molecule has 1 aromatic heterocycles. The standard InChI is InChI=1S/C16H19N3O3S/c1-12-10-23-11-14(12)9-17-16(20)18(2)7-6-13-4-3-5-15(8-13)19(21)22/h3-5,8,10-11H,6-7,9H2,1-2H3,(H,17,20). The molecule has 122 valence electrons. The first-order chi connectivity index (χ1) is 11.0. The van der Waals surface area contributed by atoms with Gasteiger partial charge in [-0.2, -0.15) is 11.3 Å². The molecule has 0 aliphatic rings. The van der Waals surface area contributed by atoms with E-state index < -0.39 is 4.92 Å². The number of urea groups is 1. The first kappa shape index (κ1) is 17.0. The number of carbonyl (C=O) groups excluding carboxylic acids is 1. The molecule has 0 bridgehead atoms. The van der Waals surface area contributed by atoms with E-state index in [1.54, 1.807) is 35.4 Å². The number of aryl methyl sites for hydroxylation is 1. The summed E-state index contributed by atoms with van der Waals surface area (Å²) >= 11 is 1.62. The van der Waals surface area contributed by atoms with Gasteiger partial charge < -0.3 is 10.2 Å². The van der Waals surface area contributed by atoms with E-state index in [4.69, 9.17) is 0 Å². The summed E-state index contributed by atoms with van der Waals surface area (Å²) in [5.74, 6) is 0. The van der Waals surface area contributed by atoms with Gasteiger partial charge in [-0.05, 0) is 40.8 Å². The van der Waals surface area contributed by atoms with Gasteiger partial charge in [-0.25, -0.2) is 4.79 Å². The average molecular weight is 333 g/mol. The van der Waals surface area contributed by atoms with Crippen LogP contribution in [0.3, 0.4) is 0 Å². The van der Waals surface area contributed by atoms with Crippen LogP contribution < -0.4 is 5.32 Å². The van der Waals surface area contributed by atoms with Crippen molar-refractivity contribution >= 4 is 23.1 Å². The predicted molar refractivity (Wildman–Crippen MR) is 90.7 cm³/mol. The molecule has 0 unspecified atom stereocenters. The number of likely N-dealkylation sites (N-methyl/N-ethyl adjacent to an activating group) is 1. The van der Waals surface area contributed by atoms with Crippen molar-refractivity contribution in [3.63, 3.8) is 0 Å². The van der Waals surface area contributed by atoms with Crippen molar-refractivity contribution in [2.75, 3.05) is 13.6 Å². The molecule has 1 aromatic carbocycles. The smallest absolute Gasteiger partial charge is 0.317 e. The van der Waals surface area contributed by atoms with Crippen LogP contribution in [0.1, 0.15) is 16.7 Å². The first-order valence-electron chi connectivity index (χ1n) is 7.21. The van der Waals surface area contributed by atoms with Gasteiger partial charge >= 0.3 is 6.03 Å². The molecule has 2 rings (SSSR count). The summed E-state index contributed by atoms with van der Waals surface area (Å²) in [4.78, 5) is 24.0. The third kappa shape index (κ3) is 4.79. The van der Waals surface area contributed by atoms with Gasteiger partial charge in [-0.1, -0.05) is 12.1 Å². The zero-order chi connectivity index (χ0) is 16.8. The lowest BCUT2D eigenvalue weighted by atomic mass is 10.1. The summed E-state index contributed by atoms with van der Waals surface area (Å²) in [5, 5.41) is 17.7. The molecule has 2 aromatic rings. The van der Waals surface area contributed by atoms with Crippen LogP contribution in [0.5, 0.6) is 0 Å². The van der Waals surface area contributed by atoms with Gasteiger partial charge in [0.25, 0.3) is 5.69 Å². The van der Waals surface area contributed by atoms with E-state index in [0.29, 0.717) is 19.5 Å². The predicted octanol–water partition coefficient (Wildman–Crippen LogP) is 3.35. The Morgan fingerprint density at radius 3 is 2.83 bits per heavy atom. The van der Waals surface area contributed by atoms with Gasteiger partial charge in [-0.3, -0.25) is 10.1 Å². The summed E-state index contributed by atoms with van der Waals surface area (Å²) < 4.78 is 0. The average Bonchev–Trinajstić information content (AvgIpc) is 2.95. The fraction of sp³-hybridized carbons (Fsp3) is 0.312. The third-order valence-corrected chi connectivity index (χ3v) is 4.51. The first-order valence-corrected chi connectivity index (χ1v) is 8.15. The number of nitro groups is 1. The number of nitrogens with zero attached hydrogens (tertiary/aromatic N) is 2. The number of nitro benzene ring substituents is 1. The summed E-state index contributed by atoms with van der Waals surface area (Å²) in [5.41, 5.74) is 3.21. The molecular formula is C16H19N3O3S. The SMILES string of the molecule is Cc1cscc1CNC(=O)N(C)CCc1cccc([N+](=O)[O-])c1. The topological polar surface area (TPSA) is 75.5 Å². The van der Waals surface area contributed by atoms with Gasteiger partial charge in [0.15, 0.2) is 0 Å². The minimum atomic E-state index is -0.414. The second-order valence-electron chi connectivity index (χ2n) is 5.34. The van der Waals surface area contributed by atoms with E-state index in [1.807, 2.05) is 23.8 Å². The van der Waals surface area contributed by atoms with Crippen LogP contribution in [-0.2, 0) is 13.0 Å². The van der Waals surface area contributed by atoms with Gasteiger partial charge in [0.05, 0.1) is 4.92 Å². The van der Waals surface area contributed by atoms with Crippen molar-refractivity contribution in [1.29, 1.82) is 0 Å². The molecule has 0 saturated heterocycles. The van der Waals surface area contributed by atoms with Crippen LogP contribution in [-0.4, -0.2) is 29.4 Å². The number of non-ortho nitro benzene ring substituents is 1. The maximum absolute atomic E-state index is 12.1. The minimum Gasteiger partial charge on any atom is -0.334 e. The fourth-order valence-corrected chi connectivity index (χ4v) is 2.95. The highest BCUT2D eigenvalue weighted by atomic mass is 32.1. The van der Waals surface area contributed by atoms with Gasteiger partial charge in [0.1, 0.15) is 0 Å². The Hall–Kier alpha value is -2.41. The summed E-state index contributed by atoms with van der Waals surface area (Å²) in [6.45, 7) is 3.02. The van der Waals surface area contributed by atoms with E-state index in [0.717, 1.165) is 11.1 Å². The van der Waals surface area contributed by atoms with Gasteiger partial charge in [-0.15, -0.1) is 0 Å². The van der Waals surface area contributed by atoms with Gasteiger partial charge in [0.2, 0.25) is 0 Å². The molecule has 1 heterocycles. The van der Waals surface area contributed by atoms with Crippen molar-refractivity contribution in [3.05, 3.63) is 61.8 Å². The largest absolute Gasteiger partial charge is 0.334 e. The van der Waals surface area contributed by atoms with Crippen molar-refractivity contribution in [3.8, 4) is 0 Å². The van der Waals surface area contributed by atoms with E-state index in [-0.39, 0.29) is 11.7 Å². The fourth-order valence-electron chi connectivity index (χ4n) is 2.10. The van der Waals surface area contributed by atoms with Crippen molar-refractivity contribution < 1.29 is 9.72 Å². The Balaban J connectivity index is 1.83. The number of hydrogen-bond acceptors (Lipinski definition) is 4. The molecular weight excluding hydrogens is 314 g/mol. The van der Waals surface area contributed by atoms with Crippen molar-refractivity contribution in [2.45, 2.75) is 19.9 Å². The molecule has 0 spiro atoms. The Morgan fingerprint density at radius 1 is 1.39 bits per heavy atom. The Kier molecular flexibility index (Phi) is 5.70. The number of hydrogen-bond donors (Lipinski definition) is 1. The monoisotopic (exact) mass is 333 g/mol. The lowest BCUT2D eigenvalue weighted by Crippen LogP contribution is -2.38. The zero-order valence-corrected chi connectivity index (χ0v) is 13.9. The highest BCUT2D eigenvalue weighted by Crippen LogP contribution is 2.14. The van der Waals surface area contributed by atoms with E-state index in [9.17, 15) is 14.9 Å². The lowest BCUT2D eigenvalue weighted by Gasteiger charge is -2.18. The molecule has 0 atom stereocenters. The molecule has 23 heavy (non-hydrogen) atoms. The van der Waals surface area contributed by atoms with Crippen molar-refractivity contribution in [1.82, 2.24) is 10.2 Å². The minimum absolute atomic E-state index is 0.0718. The number of nitrogens with one attached hydrogen (secondary N) is 1. The van der Waals surface area contributed by atoms with Gasteiger partial charge in [0, 0.05) is 32.3 Å². The number of carbonyl (C=O) groups is 1. The molecule has 0 aliphatic carbocycles. The zero-order valence-electron chi connectivity index (χ0n) is 13.1. The molecule has 0 aliphatic heterocycles. The quantitative estimate of drug-likeness (QED) is 0.650. The Morgan fingerprint density at radius 2 is 2.17 bits per heavy atom. The maximum Gasteiger partial charge on any atom is 0.317 e. The molecule has 7 heteroatoms. The molecule has 0 radical (unpaired) electrons. The van der Waals surface area contributed by atoms with E-state index >= 15 is 0 Å². The number of benzene rings is 1. The summed E-state index contributed by atoms with van der Waals surface area (Å²) in [7, 11) is 1.72. The highest BCUT2D eigenvalue weighted by molar-refractivity contribution is 7.08. The molecule has 0 fully saturated rings. The van der Waals surface area contributed by atoms with Crippen LogP contribution in [0.15, 0.2) is 35.0 Å². The van der Waals surface area contributed by atoms with Crippen LogP contribution in [0.25, 0.3) is 0 Å². The Bertz CT molecular complexity index is 699. The lowest BCUT2D eigenvalue weighted by molar-refractivity contribution is -0.384. The van der Waals surface area contributed by atoms with Crippen LogP contribution in [0.4, 0.5) is 10.5 Å². The maximum atomic E-state index is 12.1. The number of amides is 2. The summed E-state index contributed by atoms with van der Waals surface area (Å²) in [6, 6.07) is 6.34. The molecule has 6 nitrogen and oxygen atoms in total. The number of thiophene rings is 1. The van der Waals surface area contributed by atoms with Crippen LogP contribution in [0, 0.1) is 17.0 Å². The number of rotatable bonds is 6. The molecule has 0 saturated carbocycles. The second-order valence-corrected chi connectivity index (χ2v) is 6.08. The van der Waals surface area contributed by atoms with Crippen molar-refractivity contribution in [2.24, 2.45) is 0 Å². The van der Waals surface area contributed by atoms with E-state index in [1.165, 1.54) is 11.6 Å².